The van der Waals surface area contributed by atoms with Gasteiger partial charge in [0.15, 0.2) is 0 Å². The molecule has 0 bridgehead atoms. The molecule has 0 amide bonds. The van der Waals surface area contributed by atoms with Crippen molar-refractivity contribution in [2.24, 2.45) is 0 Å². The number of nitriles is 1. The second kappa shape index (κ2) is 10.4. The van der Waals surface area contributed by atoms with Gasteiger partial charge in [-0.3, -0.25) is 9.97 Å². The lowest BCUT2D eigenvalue weighted by molar-refractivity contribution is 0.392. The molecule has 0 spiro atoms. The number of sulfonamides is 1. The Labute approximate surface area is 202 Å². The van der Waals surface area contributed by atoms with Gasteiger partial charge < -0.3 is 4.74 Å². The fourth-order valence-corrected chi connectivity index (χ4v) is 4.81. The Bertz CT molecular complexity index is 1370. The first kappa shape index (κ1) is 23.4. The molecule has 0 aliphatic rings. The molecule has 0 aliphatic heterocycles. The monoisotopic (exact) mass is 490 g/mol. The van der Waals surface area contributed by atoms with Crippen molar-refractivity contribution < 1.29 is 13.2 Å². The van der Waals surface area contributed by atoms with Crippen LogP contribution in [0.25, 0.3) is 0 Å². The molecule has 0 saturated heterocycles. The van der Waals surface area contributed by atoms with Gasteiger partial charge in [-0.25, -0.2) is 8.42 Å². The van der Waals surface area contributed by atoms with Gasteiger partial charge in [0.25, 0.3) is 0 Å². The summed E-state index contributed by atoms with van der Waals surface area (Å²) >= 11 is 6.05. The lowest BCUT2D eigenvalue weighted by Gasteiger charge is -2.22. The van der Waals surface area contributed by atoms with Crippen molar-refractivity contribution in [1.29, 1.82) is 5.26 Å². The summed E-state index contributed by atoms with van der Waals surface area (Å²) in [6.07, 6.45) is 3.25. The molecule has 4 aromatic rings. The first-order valence-corrected chi connectivity index (χ1v) is 12.1. The number of halogens is 1. The number of ether oxygens (including phenoxy) is 1. The number of pyridine rings is 2. The van der Waals surface area contributed by atoms with E-state index >= 15 is 0 Å². The first-order chi connectivity index (χ1) is 16.5. The normalized spacial score (nSPS) is 11.2. The van der Waals surface area contributed by atoms with E-state index in [4.69, 9.17) is 16.3 Å². The van der Waals surface area contributed by atoms with Crippen LogP contribution in [0.2, 0.25) is 5.02 Å². The van der Waals surface area contributed by atoms with Gasteiger partial charge in [0.2, 0.25) is 10.0 Å². The summed E-state index contributed by atoms with van der Waals surface area (Å²) in [5, 5.41) is 9.60. The van der Waals surface area contributed by atoms with Crippen molar-refractivity contribution in [2.75, 3.05) is 0 Å². The van der Waals surface area contributed by atoms with Gasteiger partial charge in [-0.05, 0) is 60.7 Å². The Balaban J connectivity index is 1.61. The van der Waals surface area contributed by atoms with Crippen molar-refractivity contribution in [1.82, 2.24) is 14.3 Å². The Hall–Kier alpha value is -3.77. The largest absolute Gasteiger partial charge is 0.456 e. The fourth-order valence-electron chi connectivity index (χ4n) is 3.22. The lowest BCUT2D eigenvalue weighted by Crippen LogP contribution is -2.31. The Morgan fingerprint density at radius 3 is 2.00 bits per heavy atom. The Morgan fingerprint density at radius 2 is 1.47 bits per heavy atom. The number of aromatic nitrogens is 2. The molecule has 34 heavy (non-hydrogen) atoms. The average molecular weight is 491 g/mol. The predicted octanol–water partition coefficient (Wildman–Crippen LogP) is 5.19. The second-order valence-electron chi connectivity index (χ2n) is 7.21. The van der Waals surface area contributed by atoms with Gasteiger partial charge in [-0.2, -0.15) is 9.57 Å². The smallest absolute Gasteiger partial charge is 0.243 e. The van der Waals surface area contributed by atoms with Crippen LogP contribution in [0.5, 0.6) is 11.5 Å². The fraction of sp³-hybridized carbons (Fsp3) is 0.0800. The third-order valence-electron chi connectivity index (χ3n) is 4.91. The number of benzene rings is 2. The molecule has 0 unspecified atom stereocenters. The topological polar surface area (TPSA) is 96.2 Å². The maximum Gasteiger partial charge on any atom is 0.243 e. The predicted molar refractivity (Wildman–Crippen MR) is 128 cm³/mol. The summed E-state index contributed by atoms with van der Waals surface area (Å²) in [7, 11) is -3.88. The maximum absolute atomic E-state index is 13.5. The van der Waals surface area contributed by atoms with E-state index in [1.165, 1.54) is 28.6 Å². The summed E-state index contributed by atoms with van der Waals surface area (Å²) in [6, 6.07) is 23.6. The molecular formula is C25H19ClN4O3S. The highest BCUT2D eigenvalue weighted by Gasteiger charge is 2.26. The van der Waals surface area contributed by atoms with Crippen molar-refractivity contribution in [3.8, 4) is 17.6 Å². The van der Waals surface area contributed by atoms with E-state index in [0.717, 1.165) is 0 Å². The van der Waals surface area contributed by atoms with Gasteiger partial charge in [0.05, 0.1) is 34.4 Å². The minimum atomic E-state index is -3.88. The minimum absolute atomic E-state index is 0.0893. The zero-order chi connectivity index (χ0) is 24.0. The van der Waals surface area contributed by atoms with E-state index in [0.29, 0.717) is 17.1 Å². The molecule has 0 aliphatic carbocycles. The van der Waals surface area contributed by atoms with Gasteiger partial charge in [-0.1, -0.05) is 29.8 Å². The third kappa shape index (κ3) is 5.41. The molecular weight excluding hydrogens is 472 g/mol. The molecule has 2 heterocycles. The standard InChI is InChI=1S/C25H19ClN4O3S/c26-24-8-5-9-25(23(24)16-27)33-21-10-12-22(13-11-21)34(31,32)30(17-19-6-1-3-14-28-19)18-20-7-2-4-15-29-20/h1-15H,17-18H2. The number of hydrogen-bond acceptors (Lipinski definition) is 6. The van der Waals surface area contributed by atoms with E-state index < -0.39 is 10.0 Å². The molecule has 7 nitrogen and oxygen atoms in total. The van der Waals surface area contributed by atoms with E-state index in [1.54, 1.807) is 54.9 Å². The zero-order valence-electron chi connectivity index (χ0n) is 17.9. The second-order valence-corrected chi connectivity index (χ2v) is 9.56. The Morgan fingerprint density at radius 1 is 0.853 bits per heavy atom. The number of rotatable bonds is 8. The van der Waals surface area contributed by atoms with Crippen LogP contribution in [0.15, 0.2) is 96.2 Å². The summed E-state index contributed by atoms with van der Waals surface area (Å²) in [5.41, 5.74) is 1.44. The van der Waals surface area contributed by atoms with E-state index in [1.807, 2.05) is 18.2 Å². The maximum atomic E-state index is 13.5. The number of nitrogens with zero attached hydrogens (tertiary/aromatic N) is 4. The highest BCUT2D eigenvalue weighted by Crippen LogP contribution is 2.31. The van der Waals surface area contributed by atoms with E-state index in [9.17, 15) is 13.7 Å². The molecule has 0 N–H and O–H groups in total. The molecule has 2 aromatic carbocycles. The average Bonchev–Trinajstić information content (AvgIpc) is 2.85. The van der Waals surface area contributed by atoms with E-state index in [2.05, 4.69) is 9.97 Å². The van der Waals surface area contributed by atoms with Crippen LogP contribution in [0.4, 0.5) is 0 Å². The van der Waals surface area contributed by atoms with Crippen LogP contribution in [0.1, 0.15) is 17.0 Å². The van der Waals surface area contributed by atoms with Crippen molar-refractivity contribution in [3.63, 3.8) is 0 Å². The third-order valence-corrected chi connectivity index (χ3v) is 7.03. The molecule has 0 saturated carbocycles. The molecule has 0 fully saturated rings. The SMILES string of the molecule is N#Cc1c(Cl)cccc1Oc1ccc(S(=O)(=O)N(Cc2ccccn2)Cc2ccccn2)cc1. The van der Waals surface area contributed by atoms with Crippen molar-refractivity contribution >= 4 is 21.6 Å². The summed E-state index contributed by atoms with van der Waals surface area (Å²) in [5.74, 6) is 0.663. The van der Waals surface area contributed by atoms with E-state index in [-0.39, 0.29) is 34.3 Å². The van der Waals surface area contributed by atoms with Gasteiger partial charge in [0, 0.05) is 12.4 Å². The quantitative estimate of drug-likeness (QED) is 0.337. The van der Waals surface area contributed by atoms with Crippen LogP contribution in [0, 0.1) is 11.3 Å². The van der Waals surface area contributed by atoms with Crippen molar-refractivity contribution in [3.05, 3.63) is 113 Å². The lowest BCUT2D eigenvalue weighted by atomic mass is 10.2. The van der Waals surface area contributed by atoms with Gasteiger partial charge in [0.1, 0.15) is 23.1 Å². The molecule has 2 aromatic heterocycles. The van der Waals surface area contributed by atoms with Crippen LogP contribution >= 0.6 is 11.6 Å². The molecule has 0 radical (unpaired) electrons. The van der Waals surface area contributed by atoms with Gasteiger partial charge >= 0.3 is 0 Å². The highest BCUT2D eigenvalue weighted by atomic mass is 35.5. The Kier molecular flexibility index (Phi) is 7.18. The van der Waals surface area contributed by atoms with Crippen LogP contribution in [-0.2, 0) is 23.1 Å². The minimum Gasteiger partial charge on any atom is -0.456 e. The van der Waals surface area contributed by atoms with Crippen LogP contribution in [0.3, 0.4) is 0 Å². The highest BCUT2D eigenvalue weighted by molar-refractivity contribution is 7.89. The summed E-state index contributed by atoms with van der Waals surface area (Å²) in [4.78, 5) is 8.63. The molecule has 9 heteroatoms. The van der Waals surface area contributed by atoms with Crippen LogP contribution < -0.4 is 4.74 Å². The van der Waals surface area contributed by atoms with Crippen LogP contribution in [-0.4, -0.2) is 22.7 Å². The molecule has 0 atom stereocenters. The van der Waals surface area contributed by atoms with Crippen molar-refractivity contribution in [2.45, 2.75) is 18.0 Å². The summed E-state index contributed by atoms with van der Waals surface area (Å²) in [6.45, 7) is 0.179. The molecule has 170 valence electrons. The summed E-state index contributed by atoms with van der Waals surface area (Å²) < 4.78 is 34.1. The first-order valence-electron chi connectivity index (χ1n) is 10.2. The van der Waals surface area contributed by atoms with Gasteiger partial charge in [-0.15, -0.1) is 0 Å². The number of hydrogen-bond donors (Lipinski definition) is 0. The zero-order valence-corrected chi connectivity index (χ0v) is 19.4. The molecule has 4 rings (SSSR count).